The van der Waals surface area contributed by atoms with Gasteiger partial charge < -0.3 is 15.4 Å². The van der Waals surface area contributed by atoms with E-state index >= 15 is 0 Å². The van der Waals surface area contributed by atoms with Gasteiger partial charge in [0.05, 0.1) is 35.5 Å². The van der Waals surface area contributed by atoms with Crippen molar-refractivity contribution < 1.29 is 22.7 Å². The van der Waals surface area contributed by atoms with E-state index in [1.165, 1.54) is 19.2 Å². The van der Waals surface area contributed by atoms with Gasteiger partial charge in [-0.25, -0.2) is 8.42 Å². The third kappa shape index (κ3) is 4.40. The molecule has 0 aromatic heterocycles. The van der Waals surface area contributed by atoms with Crippen LogP contribution >= 0.6 is 0 Å². The average molecular weight is 466 g/mol. The predicted octanol–water partition coefficient (Wildman–Crippen LogP) is 3.55. The molecule has 0 saturated heterocycles. The van der Waals surface area contributed by atoms with Crippen molar-refractivity contribution >= 4 is 38.9 Å². The number of carbonyl (C=O) groups is 2. The van der Waals surface area contributed by atoms with Crippen LogP contribution < -0.4 is 19.7 Å². The summed E-state index contributed by atoms with van der Waals surface area (Å²) >= 11 is 0. The standard InChI is InChI=1S/C24H23N3O5S/c1-16-11-13-17(14-12-16)33(30,31)27-20-9-5-3-7-18(20)26-24(29)21(27)15-23(28)25-19-8-4-6-10-22(19)32-2/h3-14,21H,15H2,1-2H3,(H,25,28)(H,26,29). The van der Waals surface area contributed by atoms with Crippen LogP contribution in [0.5, 0.6) is 5.75 Å². The van der Waals surface area contributed by atoms with E-state index in [4.69, 9.17) is 4.74 Å². The number of fused-ring (bicyclic) bond motifs is 1. The second kappa shape index (κ2) is 8.95. The lowest BCUT2D eigenvalue weighted by Gasteiger charge is -2.36. The Balaban J connectivity index is 1.71. The van der Waals surface area contributed by atoms with Crippen LogP contribution in [-0.4, -0.2) is 33.4 Å². The minimum Gasteiger partial charge on any atom is -0.495 e. The van der Waals surface area contributed by atoms with Gasteiger partial charge in [0, 0.05) is 0 Å². The quantitative estimate of drug-likeness (QED) is 0.579. The SMILES string of the molecule is COc1ccccc1NC(=O)CC1C(=O)Nc2ccccc2N1S(=O)(=O)c1ccc(C)cc1. The number of sulfonamides is 1. The first-order valence-corrected chi connectivity index (χ1v) is 11.7. The van der Waals surface area contributed by atoms with Gasteiger partial charge in [0.2, 0.25) is 11.8 Å². The van der Waals surface area contributed by atoms with Crippen molar-refractivity contribution in [1.29, 1.82) is 0 Å². The maximum Gasteiger partial charge on any atom is 0.265 e. The molecule has 0 aliphatic carbocycles. The number of hydrogen-bond donors (Lipinski definition) is 2. The van der Waals surface area contributed by atoms with Gasteiger partial charge in [-0.3, -0.25) is 13.9 Å². The molecular formula is C24H23N3O5S. The fourth-order valence-electron chi connectivity index (χ4n) is 3.68. The summed E-state index contributed by atoms with van der Waals surface area (Å²) in [7, 11) is -2.66. The number of ether oxygens (including phenoxy) is 1. The molecule has 2 amide bonds. The van der Waals surface area contributed by atoms with Crippen molar-refractivity contribution in [3.8, 4) is 5.75 Å². The van der Waals surface area contributed by atoms with Crippen LogP contribution in [-0.2, 0) is 19.6 Å². The lowest BCUT2D eigenvalue weighted by molar-refractivity contribution is -0.122. The van der Waals surface area contributed by atoms with Crippen molar-refractivity contribution in [1.82, 2.24) is 0 Å². The number of carbonyl (C=O) groups excluding carboxylic acids is 2. The minimum atomic E-state index is -4.14. The van der Waals surface area contributed by atoms with Crippen LogP contribution in [0.25, 0.3) is 0 Å². The number of anilines is 3. The molecule has 1 aliphatic heterocycles. The van der Waals surface area contributed by atoms with Crippen molar-refractivity contribution in [3.05, 3.63) is 78.4 Å². The summed E-state index contributed by atoms with van der Waals surface area (Å²) in [5.41, 5.74) is 1.99. The second-order valence-corrected chi connectivity index (χ2v) is 9.40. The van der Waals surface area contributed by atoms with E-state index in [1.54, 1.807) is 60.7 Å². The third-order valence-electron chi connectivity index (χ3n) is 5.32. The van der Waals surface area contributed by atoms with Gasteiger partial charge in [0.15, 0.2) is 0 Å². The Bertz CT molecular complexity index is 1310. The summed E-state index contributed by atoms with van der Waals surface area (Å²) < 4.78 is 33.6. The Hall–Kier alpha value is -3.85. The number of nitrogens with zero attached hydrogens (tertiary/aromatic N) is 1. The molecule has 4 rings (SSSR count). The maximum absolute atomic E-state index is 13.7. The number of methoxy groups -OCH3 is 1. The molecular weight excluding hydrogens is 442 g/mol. The fourth-order valence-corrected chi connectivity index (χ4v) is 5.31. The van der Waals surface area contributed by atoms with E-state index in [9.17, 15) is 18.0 Å². The predicted molar refractivity (Wildman–Crippen MR) is 126 cm³/mol. The van der Waals surface area contributed by atoms with Gasteiger partial charge >= 0.3 is 0 Å². The van der Waals surface area contributed by atoms with E-state index in [0.29, 0.717) is 22.8 Å². The molecule has 0 fully saturated rings. The lowest BCUT2D eigenvalue weighted by atomic mass is 10.1. The molecule has 3 aromatic rings. The number of nitrogens with one attached hydrogen (secondary N) is 2. The molecule has 0 saturated carbocycles. The van der Waals surface area contributed by atoms with E-state index in [2.05, 4.69) is 10.6 Å². The Morgan fingerprint density at radius 1 is 1.03 bits per heavy atom. The Morgan fingerprint density at radius 2 is 1.70 bits per heavy atom. The number of para-hydroxylation sites is 4. The third-order valence-corrected chi connectivity index (χ3v) is 7.16. The number of aryl methyl sites for hydroxylation is 1. The summed E-state index contributed by atoms with van der Waals surface area (Å²) in [5.74, 6) is -0.656. The number of hydrogen-bond acceptors (Lipinski definition) is 5. The topological polar surface area (TPSA) is 105 Å². The summed E-state index contributed by atoms with van der Waals surface area (Å²) in [6.07, 6.45) is -0.386. The highest BCUT2D eigenvalue weighted by Gasteiger charge is 2.42. The number of amides is 2. The smallest absolute Gasteiger partial charge is 0.265 e. The summed E-state index contributed by atoms with van der Waals surface area (Å²) in [6, 6.07) is 18.5. The fraction of sp³-hybridized carbons (Fsp3) is 0.167. The highest BCUT2D eigenvalue weighted by atomic mass is 32.2. The van der Waals surface area contributed by atoms with Crippen molar-refractivity contribution in [2.24, 2.45) is 0 Å². The molecule has 0 spiro atoms. The zero-order valence-corrected chi connectivity index (χ0v) is 18.9. The molecule has 0 radical (unpaired) electrons. The van der Waals surface area contributed by atoms with Gasteiger partial charge in [0.1, 0.15) is 11.8 Å². The van der Waals surface area contributed by atoms with Gasteiger partial charge in [-0.1, -0.05) is 42.0 Å². The minimum absolute atomic E-state index is 0.0349. The highest BCUT2D eigenvalue weighted by Crippen LogP contribution is 2.37. The molecule has 170 valence electrons. The van der Waals surface area contributed by atoms with E-state index in [-0.39, 0.29) is 11.3 Å². The van der Waals surface area contributed by atoms with Gasteiger partial charge in [-0.05, 0) is 43.3 Å². The number of benzene rings is 3. The highest BCUT2D eigenvalue weighted by molar-refractivity contribution is 7.93. The number of rotatable bonds is 6. The molecule has 1 heterocycles. The molecule has 1 aliphatic rings. The zero-order valence-electron chi connectivity index (χ0n) is 18.1. The van der Waals surface area contributed by atoms with Crippen molar-refractivity contribution in [3.63, 3.8) is 0 Å². The molecule has 2 N–H and O–H groups in total. The molecule has 1 atom stereocenters. The van der Waals surface area contributed by atoms with Crippen LogP contribution in [0, 0.1) is 6.92 Å². The molecule has 1 unspecified atom stereocenters. The normalized spacial score (nSPS) is 15.4. The van der Waals surface area contributed by atoms with Gasteiger partial charge in [-0.2, -0.15) is 0 Å². The molecule has 9 heteroatoms. The van der Waals surface area contributed by atoms with Crippen LogP contribution in [0.1, 0.15) is 12.0 Å². The Labute approximate surface area is 192 Å². The molecule has 3 aromatic carbocycles. The van der Waals surface area contributed by atoms with Crippen molar-refractivity contribution in [2.45, 2.75) is 24.3 Å². The molecule has 8 nitrogen and oxygen atoms in total. The summed E-state index contributed by atoms with van der Waals surface area (Å²) in [5, 5.41) is 5.42. The van der Waals surface area contributed by atoms with E-state index in [1.807, 2.05) is 6.92 Å². The zero-order chi connectivity index (χ0) is 23.6. The first-order valence-electron chi connectivity index (χ1n) is 10.2. The summed E-state index contributed by atoms with van der Waals surface area (Å²) in [4.78, 5) is 25.9. The van der Waals surface area contributed by atoms with Crippen LogP contribution in [0.2, 0.25) is 0 Å². The second-order valence-electron chi connectivity index (χ2n) is 7.59. The Kier molecular flexibility index (Phi) is 6.06. The largest absolute Gasteiger partial charge is 0.495 e. The molecule has 0 bridgehead atoms. The maximum atomic E-state index is 13.7. The lowest BCUT2D eigenvalue weighted by Crippen LogP contribution is -2.52. The Morgan fingerprint density at radius 3 is 2.42 bits per heavy atom. The van der Waals surface area contributed by atoms with E-state index in [0.717, 1.165) is 9.87 Å². The monoisotopic (exact) mass is 465 g/mol. The van der Waals surface area contributed by atoms with Gasteiger partial charge in [-0.15, -0.1) is 0 Å². The molecule has 33 heavy (non-hydrogen) atoms. The average Bonchev–Trinajstić information content (AvgIpc) is 2.80. The van der Waals surface area contributed by atoms with Crippen molar-refractivity contribution in [2.75, 3.05) is 22.0 Å². The van der Waals surface area contributed by atoms with E-state index < -0.39 is 27.9 Å². The first kappa shape index (κ1) is 22.3. The van der Waals surface area contributed by atoms with Crippen LogP contribution in [0.15, 0.2) is 77.7 Å². The van der Waals surface area contributed by atoms with Gasteiger partial charge in [0.25, 0.3) is 10.0 Å². The summed E-state index contributed by atoms with van der Waals surface area (Å²) in [6.45, 7) is 1.85. The van der Waals surface area contributed by atoms with Crippen LogP contribution in [0.4, 0.5) is 17.1 Å². The first-order chi connectivity index (χ1) is 15.8. The van der Waals surface area contributed by atoms with Crippen LogP contribution in [0.3, 0.4) is 0 Å².